The second kappa shape index (κ2) is 6.94. The molecule has 0 radical (unpaired) electrons. The highest BCUT2D eigenvalue weighted by Crippen LogP contribution is 2.37. The molecule has 0 amide bonds. The van der Waals surface area contributed by atoms with Gasteiger partial charge in [-0.1, -0.05) is 30.3 Å². The van der Waals surface area contributed by atoms with Crippen LogP contribution < -0.4 is 9.47 Å². The lowest BCUT2D eigenvalue weighted by molar-refractivity contribution is -0.136. The third-order valence-corrected chi connectivity index (χ3v) is 4.00. The normalized spacial score (nSPS) is 18.8. The molecule has 1 heterocycles. The zero-order valence-corrected chi connectivity index (χ0v) is 13.6. The molecule has 1 aliphatic rings. The van der Waals surface area contributed by atoms with E-state index in [1.165, 1.54) is 6.92 Å². The van der Waals surface area contributed by atoms with Crippen molar-refractivity contribution in [1.29, 1.82) is 0 Å². The average molecular weight is 342 g/mol. The van der Waals surface area contributed by atoms with Crippen LogP contribution in [0.15, 0.2) is 42.5 Å². The minimum Gasteiger partial charge on any atom is -0.483 e. The number of hydrogen-bond donors (Lipinski definition) is 2. The Morgan fingerprint density at radius 1 is 1.20 bits per heavy atom. The van der Waals surface area contributed by atoms with Crippen LogP contribution in [0, 0.1) is 0 Å². The van der Waals surface area contributed by atoms with E-state index in [0.29, 0.717) is 23.5 Å². The Labute approximate surface area is 144 Å². The van der Waals surface area contributed by atoms with E-state index >= 15 is 0 Å². The van der Waals surface area contributed by atoms with Gasteiger partial charge in [-0.15, -0.1) is 0 Å². The highest BCUT2D eigenvalue weighted by atomic mass is 16.5. The monoisotopic (exact) mass is 342 g/mol. The molecule has 6 heteroatoms. The predicted molar refractivity (Wildman–Crippen MR) is 88.6 cm³/mol. The maximum absolute atomic E-state index is 11.1. The number of ether oxygens (including phenoxy) is 2. The van der Waals surface area contributed by atoms with Gasteiger partial charge >= 0.3 is 11.9 Å². The van der Waals surface area contributed by atoms with E-state index in [9.17, 15) is 14.7 Å². The molecular formula is C19H18O6. The van der Waals surface area contributed by atoms with Crippen molar-refractivity contribution in [2.24, 2.45) is 0 Å². The summed E-state index contributed by atoms with van der Waals surface area (Å²) in [6, 6.07) is 12.0. The molecule has 0 aliphatic carbocycles. The van der Waals surface area contributed by atoms with Crippen molar-refractivity contribution in [1.82, 2.24) is 0 Å². The van der Waals surface area contributed by atoms with Gasteiger partial charge in [0.2, 0.25) is 0 Å². The zero-order chi connectivity index (χ0) is 18.0. The molecule has 0 aromatic heterocycles. The van der Waals surface area contributed by atoms with Gasteiger partial charge in [-0.05, 0) is 22.8 Å². The van der Waals surface area contributed by atoms with Gasteiger partial charge in [-0.2, -0.15) is 0 Å². The second-order valence-corrected chi connectivity index (χ2v) is 5.99. The number of esters is 1. The SMILES string of the molecule is CC(=O)Oc1ccc2c(c1)OC(c1ccc(CC(=O)O)cc1)C(O)C2. The van der Waals surface area contributed by atoms with Crippen LogP contribution in [-0.4, -0.2) is 28.3 Å². The van der Waals surface area contributed by atoms with Crippen molar-refractivity contribution in [2.75, 3.05) is 0 Å². The van der Waals surface area contributed by atoms with Crippen LogP contribution in [0.4, 0.5) is 0 Å². The van der Waals surface area contributed by atoms with Crippen molar-refractivity contribution in [3.05, 3.63) is 59.2 Å². The van der Waals surface area contributed by atoms with Gasteiger partial charge in [-0.3, -0.25) is 9.59 Å². The molecule has 0 bridgehead atoms. The lowest BCUT2D eigenvalue weighted by Crippen LogP contribution is -2.30. The molecule has 2 aromatic carbocycles. The Balaban J connectivity index is 1.82. The summed E-state index contributed by atoms with van der Waals surface area (Å²) in [5.74, 6) is -0.364. The van der Waals surface area contributed by atoms with Crippen molar-refractivity contribution in [3.8, 4) is 11.5 Å². The second-order valence-electron chi connectivity index (χ2n) is 5.99. The molecule has 0 fully saturated rings. The van der Waals surface area contributed by atoms with Crippen LogP contribution >= 0.6 is 0 Å². The van der Waals surface area contributed by atoms with E-state index in [-0.39, 0.29) is 6.42 Å². The summed E-state index contributed by atoms with van der Waals surface area (Å²) in [5, 5.41) is 19.2. The zero-order valence-electron chi connectivity index (χ0n) is 13.6. The summed E-state index contributed by atoms with van der Waals surface area (Å²) in [4.78, 5) is 21.8. The van der Waals surface area contributed by atoms with E-state index in [2.05, 4.69) is 0 Å². The molecule has 2 aromatic rings. The van der Waals surface area contributed by atoms with E-state index < -0.39 is 24.1 Å². The molecule has 0 spiro atoms. The molecule has 2 unspecified atom stereocenters. The lowest BCUT2D eigenvalue weighted by Gasteiger charge is -2.31. The fourth-order valence-corrected chi connectivity index (χ4v) is 2.88. The fraction of sp³-hybridized carbons (Fsp3) is 0.263. The van der Waals surface area contributed by atoms with E-state index in [0.717, 1.165) is 11.1 Å². The largest absolute Gasteiger partial charge is 0.483 e. The first-order chi connectivity index (χ1) is 11.9. The number of carboxylic acids is 1. The number of carboxylic acid groups (broad SMARTS) is 1. The van der Waals surface area contributed by atoms with Gasteiger partial charge < -0.3 is 19.7 Å². The first-order valence-corrected chi connectivity index (χ1v) is 7.89. The van der Waals surface area contributed by atoms with Gasteiger partial charge in [0.05, 0.1) is 12.5 Å². The molecule has 0 saturated carbocycles. The molecule has 130 valence electrons. The number of carbonyl (C=O) groups excluding carboxylic acids is 1. The van der Waals surface area contributed by atoms with Gasteiger partial charge in [0.25, 0.3) is 0 Å². The van der Waals surface area contributed by atoms with Gasteiger partial charge in [0.15, 0.2) is 0 Å². The van der Waals surface area contributed by atoms with Crippen molar-refractivity contribution in [2.45, 2.75) is 32.0 Å². The van der Waals surface area contributed by atoms with Gasteiger partial charge in [0.1, 0.15) is 17.6 Å². The maximum Gasteiger partial charge on any atom is 0.308 e. The summed E-state index contributed by atoms with van der Waals surface area (Å²) >= 11 is 0. The molecule has 3 rings (SSSR count). The molecule has 1 aliphatic heterocycles. The topological polar surface area (TPSA) is 93.1 Å². The summed E-state index contributed by atoms with van der Waals surface area (Å²) in [7, 11) is 0. The average Bonchev–Trinajstić information content (AvgIpc) is 2.54. The maximum atomic E-state index is 11.1. The van der Waals surface area contributed by atoms with Gasteiger partial charge in [-0.25, -0.2) is 0 Å². The van der Waals surface area contributed by atoms with E-state index in [1.807, 2.05) is 0 Å². The number of fused-ring (bicyclic) bond motifs is 1. The number of aliphatic hydroxyl groups is 1. The number of carbonyl (C=O) groups is 2. The smallest absolute Gasteiger partial charge is 0.308 e. The van der Waals surface area contributed by atoms with Crippen molar-refractivity contribution < 1.29 is 29.3 Å². The van der Waals surface area contributed by atoms with Crippen LogP contribution in [-0.2, 0) is 22.4 Å². The number of hydrogen-bond acceptors (Lipinski definition) is 5. The first kappa shape index (κ1) is 17.0. The molecule has 25 heavy (non-hydrogen) atoms. The summed E-state index contributed by atoms with van der Waals surface area (Å²) < 4.78 is 11.0. The van der Waals surface area contributed by atoms with Crippen molar-refractivity contribution >= 4 is 11.9 Å². The summed E-state index contributed by atoms with van der Waals surface area (Å²) in [6.45, 7) is 1.32. The molecule has 0 saturated heterocycles. The minimum absolute atomic E-state index is 0.0526. The third kappa shape index (κ3) is 3.97. The summed E-state index contributed by atoms with van der Waals surface area (Å²) in [6.07, 6.45) is -0.934. The quantitative estimate of drug-likeness (QED) is 0.654. The Morgan fingerprint density at radius 2 is 1.92 bits per heavy atom. The number of rotatable bonds is 4. The Bertz CT molecular complexity index is 796. The molecule has 2 N–H and O–H groups in total. The standard InChI is InChI=1S/C19H18O6/c1-11(20)24-15-7-6-14-9-16(21)19(25-17(14)10-15)13-4-2-12(3-5-13)8-18(22)23/h2-7,10,16,19,21H,8-9H2,1H3,(H,22,23). The predicted octanol–water partition coefficient (Wildman–Crippen LogP) is 2.28. The fourth-order valence-electron chi connectivity index (χ4n) is 2.88. The van der Waals surface area contributed by atoms with Crippen LogP contribution in [0.2, 0.25) is 0 Å². The van der Waals surface area contributed by atoms with Crippen LogP contribution in [0.3, 0.4) is 0 Å². The Kier molecular flexibility index (Phi) is 4.72. The van der Waals surface area contributed by atoms with E-state index in [4.69, 9.17) is 14.6 Å². The lowest BCUT2D eigenvalue weighted by atomic mass is 9.94. The van der Waals surface area contributed by atoms with E-state index in [1.54, 1.807) is 42.5 Å². The molecular weight excluding hydrogens is 324 g/mol. The van der Waals surface area contributed by atoms with Crippen LogP contribution in [0.1, 0.15) is 29.7 Å². The highest BCUT2D eigenvalue weighted by molar-refractivity contribution is 5.70. The first-order valence-electron chi connectivity index (χ1n) is 7.89. The number of benzene rings is 2. The molecule has 6 nitrogen and oxygen atoms in total. The third-order valence-electron chi connectivity index (χ3n) is 4.00. The highest BCUT2D eigenvalue weighted by Gasteiger charge is 2.30. The van der Waals surface area contributed by atoms with Crippen LogP contribution in [0.5, 0.6) is 11.5 Å². The number of aliphatic carboxylic acids is 1. The summed E-state index contributed by atoms with van der Waals surface area (Å²) in [5.41, 5.74) is 2.27. The Hall–Kier alpha value is -2.86. The number of aliphatic hydroxyl groups excluding tert-OH is 1. The Morgan fingerprint density at radius 3 is 2.56 bits per heavy atom. The van der Waals surface area contributed by atoms with Crippen molar-refractivity contribution in [3.63, 3.8) is 0 Å². The van der Waals surface area contributed by atoms with Crippen LogP contribution in [0.25, 0.3) is 0 Å². The molecule has 2 atom stereocenters. The van der Waals surface area contributed by atoms with Gasteiger partial charge in [0, 0.05) is 19.4 Å². The minimum atomic E-state index is -0.895.